The van der Waals surface area contributed by atoms with Crippen LogP contribution in [0.25, 0.3) is 10.8 Å². The van der Waals surface area contributed by atoms with E-state index in [1.54, 1.807) is 24.4 Å². The number of fused-ring (bicyclic) bond motifs is 1. The SMILES string of the molecule is CCOc1cccc(C2CC(=O)C=CN2CCCNc2n[nH]c(=O)c3ccccc23)c1O. The number of nitrogens with zero attached hydrogens (tertiary/aromatic N) is 2. The maximum absolute atomic E-state index is 12.1. The summed E-state index contributed by atoms with van der Waals surface area (Å²) >= 11 is 0. The molecule has 0 saturated heterocycles. The maximum Gasteiger partial charge on any atom is 0.272 e. The molecule has 8 nitrogen and oxygen atoms in total. The van der Waals surface area contributed by atoms with Crippen LogP contribution in [-0.4, -0.2) is 45.7 Å². The Balaban J connectivity index is 1.45. The van der Waals surface area contributed by atoms with E-state index in [-0.39, 0.29) is 23.1 Å². The molecule has 0 saturated carbocycles. The first-order chi connectivity index (χ1) is 15.6. The molecule has 3 aromatic rings. The van der Waals surface area contributed by atoms with Crippen molar-refractivity contribution in [3.8, 4) is 11.5 Å². The molecule has 32 heavy (non-hydrogen) atoms. The smallest absolute Gasteiger partial charge is 0.272 e. The Morgan fingerprint density at radius 1 is 1.19 bits per heavy atom. The number of aromatic amines is 1. The van der Waals surface area contributed by atoms with Gasteiger partial charge in [-0.3, -0.25) is 9.59 Å². The van der Waals surface area contributed by atoms with Crippen molar-refractivity contribution in [3.05, 3.63) is 70.7 Å². The topological polar surface area (TPSA) is 108 Å². The van der Waals surface area contributed by atoms with Crippen molar-refractivity contribution in [2.75, 3.05) is 25.0 Å². The lowest BCUT2D eigenvalue weighted by atomic mass is 9.96. The minimum Gasteiger partial charge on any atom is -0.504 e. The fourth-order valence-corrected chi connectivity index (χ4v) is 3.98. The van der Waals surface area contributed by atoms with Gasteiger partial charge in [0.2, 0.25) is 0 Å². The molecule has 1 aliphatic heterocycles. The highest BCUT2D eigenvalue weighted by molar-refractivity contribution is 5.91. The van der Waals surface area contributed by atoms with Crippen molar-refractivity contribution >= 4 is 22.4 Å². The summed E-state index contributed by atoms with van der Waals surface area (Å²) < 4.78 is 5.51. The number of anilines is 1. The molecule has 0 fully saturated rings. The number of rotatable bonds is 8. The van der Waals surface area contributed by atoms with Crippen molar-refractivity contribution in [2.24, 2.45) is 0 Å². The minimum atomic E-state index is -0.264. The van der Waals surface area contributed by atoms with Gasteiger partial charge in [-0.2, -0.15) is 5.10 Å². The number of phenols is 1. The van der Waals surface area contributed by atoms with Crippen LogP contribution in [0.2, 0.25) is 0 Å². The standard InChI is InChI=1S/C24H26N4O4/c1-2-32-21-10-5-9-19(22(21)30)20-15-16(29)11-14-28(20)13-6-12-25-23-17-7-3-4-8-18(17)24(31)27-26-23/h3-5,7-11,14,20,30H,2,6,12-13,15H2,1H3,(H,25,26)(H,27,31). The van der Waals surface area contributed by atoms with Crippen LogP contribution < -0.4 is 15.6 Å². The number of nitrogens with one attached hydrogen (secondary N) is 2. The zero-order valence-electron chi connectivity index (χ0n) is 17.9. The molecule has 166 valence electrons. The van der Waals surface area contributed by atoms with Crippen LogP contribution in [0.1, 0.15) is 31.4 Å². The van der Waals surface area contributed by atoms with E-state index in [0.29, 0.717) is 48.6 Å². The normalized spacial score (nSPS) is 15.8. The number of allylic oxidation sites excluding steroid dienone is 1. The van der Waals surface area contributed by atoms with Gasteiger partial charge in [-0.05, 0) is 31.6 Å². The third-order valence-electron chi connectivity index (χ3n) is 5.52. The highest BCUT2D eigenvalue weighted by Gasteiger charge is 2.27. The molecule has 0 spiro atoms. The molecule has 1 aromatic heterocycles. The molecule has 2 heterocycles. The predicted octanol–water partition coefficient (Wildman–Crippen LogP) is 3.36. The number of carbonyl (C=O) groups is 1. The summed E-state index contributed by atoms with van der Waals surface area (Å²) in [6.07, 6.45) is 4.41. The third-order valence-corrected chi connectivity index (χ3v) is 5.52. The first-order valence-corrected chi connectivity index (χ1v) is 10.7. The summed E-state index contributed by atoms with van der Waals surface area (Å²) in [5.41, 5.74) is 0.459. The van der Waals surface area contributed by atoms with Crippen LogP contribution in [0.4, 0.5) is 5.82 Å². The third kappa shape index (κ3) is 4.44. The van der Waals surface area contributed by atoms with E-state index in [9.17, 15) is 14.7 Å². The number of phenolic OH excluding ortho intramolecular Hbond substituents is 1. The summed E-state index contributed by atoms with van der Waals surface area (Å²) in [6.45, 7) is 3.60. The van der Waals surface area contributed by atoms with Gasteiger partial charge in [-0.15, -0.1) is 0 Å². The molecule has 3 N–H and O–H groups in total. The average molecular weight is 434 g/mol. The number of hydrogen-bond donors (Lipinski definition) is 3. The van der Waals surface area contributed by atoms with E-state index in [0.717, 1.165) is 11.8 Å². The van der Waals surface area contributed by atoms with Crippen molar-refractivity contribution < 1.29 is 14.6 Å². The molecule has 8 heteroatoms. The van der Waals surface area contributed by atoms with Crippen molar-refractivity contribution in [2.45, 2.75) is 25.8 Å². The van der Waals surface area contributed by atoms with E-state index in [4.69, 9.17) is 4.74 Å². The number of hydrogen-bond acceptors (Lipinski definition) is 7. The van der Waals surface area contributed by atoms with Gasteiger partial charge < -0.3 is 20.1 Å². The second-order valence-corrected chi connectivity index (χ2v) is 7.59. The minimum absolute atomic E-state index is 0.0227. The lowest BCUT2D eigenvalue weighted by Gasteiger charge is -2.33. The largest absolute Gasteiger partial charge is 0.504 e. The molecule has 0 bridgehead atoms. The number of ether oxygens (including phenoxy) is 1. The number of H-pyrrole nitrogens is 1. The monoisotopic (exact) mass is 434 g/mol. The van der Waals surface area contributed by atoms with Gasteiger partial charge in [0, 0.05) is 36.7 Å². The number of benzene rings is 2. The van der Waals surface area contributed by atoms with E-state index in [1.165, 1.54) is 0 Å². The van der Waals surface area contributed by atoms with Gasteiger partial charge in [0.25, 0.3) is 5.56 Å². The fraction of sp³-hybridized carbons (Fsp3) is 0.292. The molecular weight excluding hydrogens is 408 g/mol. The quantitative estimate of drug-likeness (QED) is 0.467. The van der Waals surface area contributed by atoms with Gasteiger partial charge in [-0.1, -0.05) is 30.3 Å². The highest BCUT2D eigenvalue weighted by atomic mass is 16.5. The zero-order valence-corrected chi connectivity index (χ0v) is 17.9. The molecule has 1 unspecified atom stereocenters. The van der Waals surface area contributed by atoms with E-state index < -0.39 is 0 Å². The van der Waals surface area contributed by atoms with Crippen molar-refractivity contribution in [1.82, 2.24) is 15.1 Å². The Kier molecular flexibility index (Phi) is 6.39. The van der Waals surface area contributed by atoms with Crippen LogP contribution in [0.15, 0.2) is 59.5 Å². The zero-order chi connectivity index (χ0) is 22.5. The van der Waals surface area contributed by atoms with Crippen molar-refractivity contribution in [3.63, 3.8) is 0 Å². The first kappa shape index (κ1) is 21.4. The lowest BCUT2D eigenvalue weighted by Crippen LogP contribution is -2.31. The lowest BCUT2D eigenvalue weighted by molar-refractivity contribution is -0.116. The maximum atomic E-state index is 12.1. The van der Waals surface area contributed by atoms with E-state index in [1.807, 2.05) is 37.3 Å². The van der Waals surface area contributed by atoms with Gasteiger partial charge in [-0.25, -0.2) is 5.10 Å². The van der Waals surface area contributed by atoms with Crippen LogP contribution >= 0.6 is 0 Å². The molecular formula is C24H26N4O4. The Morgan fingerprint density at radius 2 is 2.00 bits per heavy atom. The summed E-state index contributed by atoms with van der Waals surface area (Å²) in [7, 11) is 0. The Hall–Kier alpha value is -3.81. The van der Waals surface area contributed by atoms with E-state index >= 15 is 0 Å². The molecule has 4 rings (SSSR count). The summed E-state index contributed by atoms with van der Waals surface area (Å²) in [6, 6.07) is 12.4. The summed E-state index contributed by atoms with van der Waals surface area (Å²) in [5.74, 6) is 1.15. The fourth-order valence-electron chi connectivity index (χ4n) is 3.98. The number of carbonyl (C=O) groups excluding carboxylic acids is 1. The number of aromatic nitrogens is 2. The van der Waals surface area contributed by atoms with Crippen molar-refractivity contribution in [1.29, 1.82) is 0 Å². The highest BCUT2D eigenvalue weighted by Crippen LogP contribution is 2.39. The number of ketones is 1. The van der Waals surface area contributed by atoms with Crippen LogP contribution in [0, 0.1) is 0 Å². The van der Waals surface area contributed by atoms with Crippen LogP contribution in [0.3, 0.4) is 0 Å². The number of aromatic hydroxyl groups is 1. The second-order valence-electron chi connectivity index (χ2n) is 7.59. The average Bonchev–Trinajstić information content (AvgIpc) is 2.80. The summed E-state index contributed by atoms with van der Waals surface area (Å²) in [4.78, 5) is 26.1. The summed E-state index contributed by atoms with van der Waals surface area (Å²) in [5, 5.41) is 22.0. The van der Waals surface area contributed by atoms with Gasteiger partial charge in [0.05, 0.1) is 18.0 Å². The van der Waals surface area contributed by atoms with Gasteiger partial charge in [0.15, 0.2) is 23.1 Å². The van der Waals surface area contributed by atoms with Crippen LogP contribution in [-0.2, 0) is 4.79 Å². The Morgan fingerprint density at radius 3 is 2.81 bits per heavy atom. The Bertz CT molecular complexity index is 1200. The van der Waals surface area contributed by atoms with Gasteiger partial charge in [0.1, 0.15) is 0 Å². The molecule has 2 aromatic carbocycles. The molecule has 0 radical (unpaired) electrons. The molecule has 0 aliphatic carbocycles. The van der Waals surface area contributed by atoms with Gasteiger partial charge >= 0.3 is 0 Å². The molecule has 1 aliphatic rings. The second kappa shape index (κ2) is 9.55. The Labute approximate surface area is 185 Å². The number of para-hydroxylation sites is 1. The van der Waals surface area contributed by atoms with Crippen LogP contribution in [0.5, 0.6) is 11.5 Å². The van der Waals surface area contributed by atoms with E-state index in [2.05, 4.69) is 20.4 Å². The molecule has 0 amide bonds. The first-order valence-electron chi connectivity index (χ1n) is 10.7. The predicted molar refractivity (Wildman–Crippen MR) is 123 cm³/mol. The molecule has 1 atom stereocenters.